The third-order valence-corrected chi connectivity index (χ3v) is 4.96. The standard InChI is InChI=1S/C24H28N2O2/c1-6-14-26-22-13-8-18(16(3)4)15-21(22)17(5)23(26)24(27)25-19-9-11-20(12-10-19)28-7-2/h6,8-13,15-16H,1,7,14H2,2-5H3,(H,25,27). The SMILES string of the molecule is C=CCn1c(C(=O)Nc2ccc(OCC)cc2)c(C)c2cc(C(C)C)ccc21. The molecule has 0 spiro atoms. The first-order chi connectivity index (χ1) is 13.5. The normalized spacial score (nSPS) is 11.0. The van der Waals surface area contributed by atoms with Crippen molar-refractivity contribution in [2.45, 2.75) is 40.2 Å². The topological polar surface area (TPSA) is 43.3 Å². The first-order valence-corrected chi connectivity index (χ1v) is 9.74. The van der Waals surface area contributed by atoms with E-state index in [-0.39, 0.29) is 5.91 Å². The third-order valence-electron chi connectivity index (χ3n) is 4.96. The summed E-state index contributed by atoms with van der Waals surface area (Å²) in [6, 6.07) is 13.9. The van der Waals surface area contributed by atoms with E-state index in [1.807, 2.05) is 48.8 Å². The Bertz CT molecular complexity index is 998. The Morgan fingerprint density at radius 2 is 1.93 bits per heavy atom. The minimum absolute atomic E-state index is 0.120. The van der Waals surface area contributed by atoms with E-state index in [0.717, 1.165) is 27.9 Å². The Kier molecular flexibility index (Phi) is 5.88. The summed E-state index contributed by atoms with van der Waals surface area (Å²) >= 11 is 0. The van der Waals surface area contributed by atoms with Crippen molar-refractivity contribution in [3.63, 3.8) is 0 Å². The Labute approximate surface area is 166 Å². The highest BCUT2D eigenvalue weighted by atomic mass is 16.5. The number of fused-ring (bicyclic) bond motifs is 1. The van der Waals surface area contributed by atoms with Crippen molar-refractivity contribution in [2.24, 2.45) is 0 Å². The zero-order chi connectivity index (χ0) is 20.3. The number of amides is 1. The lowest BCUT2D eigenvalue weighted by atomic mass is 10.0. The minimum Gasteiger partial charge on any atom is -0.494 e. The monoisotopic (exact) mass is 376 g/mol. The Balaban J connectivity index is 2.00. The summed E-state index contributed by atoms with van der Waals surface area (Å²) in [6.45, 7) is 13.4. The van der Waals surface area contributed by atoms with Crippen LogP contribution in [0.15, 0.2) is 55.1 Å². The lowest BCUT2D eigenvalue weighted by molar-refractivity contribution is 0.101. The van der Waals surface area contributed by atoms with E-state index >= 15 is 0 Å². The number of rotatable bonds is 7. The van der Waals surface area contributed by atoms with Gasteiger partial charge in [0.2, 0.25) is 0 Å². The maximum absolute atomic E-state index is 13.1. The molecule has 0 saturated heterocycles. The van der Waals surface area contributed by atoms with Crippen molar-refractivity contribution in [2.75, 3.05) is 11.9 Å². The smallest absolute Gasteiger partial charge is 0.272 e. The number of benzene rings is 2. The average Bonchev–Trinajstić information content (AvgIpc) is 2.95. The molecule has 0 unspecified atom stereocenters. The summed E-state index contributed by atoms with van der Waals surface area (Å²) in [5.74, 6) is 1.11. The maximum Gasteiger partial charge on any atom is 0.272 e. The Morgan fingerprint density at radius 1 is 1.21 bits per heavy atom. The molecule has 0 aliphatic carbocycles. The first kappa shape index (κ1) is 19.7. The number of allylic oxidation sites excluding steroid dienone is 1. The second kappa shape index (κ2) is 8.34. The fourth-order valence-electron chi connectivity index (χ4n) is 3.50. The lowest BCUT2D eigenvalue weighted by Crippen LogP contribution is -2.18. The van der Waals surface area contributed by atoms with E-state index in [0.29, 0.717) is 24.8 Å². The van der Waals surface area contributed by atoms with E-state index in [2.05, 4.69) is 43.9 Å². The molecule has 0 saturated carbocycles. The zero-order valence-electron chi connectivity index (χ0n) is 17.1. The van der Waals surface area contributed by atoms with E-state index in [1.54, 1.807) is 0 Å². The van der Waals surface area contributed by atoms with Gasteiger partial charge in [0, 0.05) is 23.1 Å². The van der Waals surface area contributed by atoms with Crippen molar-refractivity contribution < 1.29 is 9.53 Å². The highest BCUT2D eigenvalue weighted by molar-refractivity contribution is 6.08. The molecule has 0 atom stereocenters. The van der Waals surface area contributed by atoms with Gasteiger partial charge >= 0.3 is 0 Å². The first-order valence-electron chi connectivity index (χ1n) is 9.74. The van der Waals surface area contributed by atoms with Crippen LogP contribution in [-0.2, 0) is 6.54 Å². The van der Waals surface area contributed by atoms with Gasteiger partial charge < -0.3 is 14.6 Å². The molecule has 3 rings (SSSR count). The molecular weight excluding hydrogens is 348 g/mol. The summed E-state index contributed by atoms with van der Waals surface area (Å²) in [6.07, 6.45) is 1.82. The van der Waals surface area contributed by atoms with Crippen molar-refractivity contribution in [3.8, 4) is 5.75 Å². The molecule has 1 aromatic heterocycles. The molecule has 28 heavy (non-hydrogen) atoms. The quantitative estimate of drug-likeness (QED) is 0.521. The predicted octanol–water partition coefficient (Wildman–Crippen LogP) is 5.91. The molecule has 0 radical (unpaired) electrons. The number of carbonyl (C=O) groups excluding carboxylic acids is 1. The molecule has 2 aromatic carbocycles. The molecule has 0 fully saturated rings. The summed E-state index contributed by atoms with van der Waals surface area (Å²) in [5, 5.41) is 4.13. The number of hydrogen-bond donors (Lipinski definition) is 1. The van der Waals surface area contributed by atoms with Crippen molar-refractivity contribution in [1.29, 1.82) is 0 Å². The van der Waals surface area contributed by atoms with Crippen LogP contribution in [0.5, 0.6) is 5.75 Å². The zero-order valence-corrected chi connectivity index (χ0v) is 17.1. The van der Waals surface area contributed by atoms with Gasteiger partial charge in [0.15, 0.2) is 0 Å². The van der Waals surface area contributed by atoms with Crippen LogP contribution in [0.1, 0.15) is 48.3 Å². The van der Waals surface area contributed by atoms with E-state index in [4.69, 9.17) is 4.74 Å². The minimum atomic E-state index is -0.120. The van der Waals surface area contributed by atoms with Gasteiger partial charge in [-0.15, -0.1) is 6.58 Å². The largest absolute Gasteiger partial charge is 0.494 e. The van der Waals surface area contributed by atoms with Crippen LogP contribution in [0.4, 0.5) is 5.69 Å². The number of nitrogens with one attached hydrogen (secondary N) is 1. The fraction of sp³-hybridized carbons (Fsp3) is 0.292. The van der Waals surface area contributed by atoms with Gasteiger partial charge in [-0.1, -0.05) is 26.0 Å². The molecule has 1 amide bonds. The second-order valence-corrected chi connectivity index (χ2v) is 7.22. The van der Waals surface area contributed by atoms with Crippen LogP contribution in [0.2, 0.25) is 0 Å². The van der Waals surface area contributed by atoms with Crippen molar-refractivity contribution >= 4 is 22.5 Å². The van der Waals surface area contributed by atoms with E-state index in [9.17, 15) is 4.79 Å². The lowest BCUT2D eigenvalue weighted by Gasteiger charge is -2.11. The van der Waals surface area contributed by atoms with Crippen LogP contribution in [0.3, 0.4) is 0 Å². The number of ether oxygens (including phenoxy) is 1. The van der Waals surface area contributed by atoms with Gasteiger partial charge in [-0.05, 0) is 67.3 Å². The highest BCUT2D eigenvalue weighted by Crippen LogP contribution is 2.30. The summed E-state index contributed by atoms with van der Waals surface area (Å²) < 4.78 is 7.50. The molecule has 146 valence electrons. The molecule has 4 heteroatoms. The highest BCUT2D eigenvalue weighted by Gasteiger charge is 2.20. The van der Waals surface area contributed by atoms with Crippen LogP contribution < -0.4 is 10.1 Å². The molecule has 0 aliphatic heterocycles. The van der Waals surface area contributed by atoms with Crippen molar-refractivity contribution in [1.82, 2.24) is 4.57 Å². The number of nitrogens with zero attached hydrogens (tertiary/aromatic N) is 1. The number of aromatic nitrogens is 1. The van der Waals surface area contributed by atoms with Crippen LogP contribution >= 0.6 is 0 Å². The molecule has 0 bridgehead atoms. The van der Waals surface area contributed by atoms with Gasteiger partial charge in [-0.2, -0.15) is 0 Å². The maximum atomic E-state index is 13.1. The number of hydrogen-bond acceptors (Lipinski definition) is 2. The fourth-order valence-corrected chi connectivity index (χ4v) is 3.50. The number of carbonyl (C=O) groups is 1. The molecule has 1 N–H and O–H groups in total. The molecule has 1 heterocycles. The molecule has 0 aliphatic rings. The van der Waals surface area contributed by atoms with E-state index in [1.165, 1.54) is 5.56 Å². The Hall–Kier alpha value is -3.01. The third kappa shape index (κ3) is 3.81. The number of anilines is 1. The summed E-state index contributed by atoms with van der Waals surface area (Å²) in [7, 11) is 0. The average molecular weight is 377 g/mol. The van der Waals surface area contributed by atoms with E-state index < -0.39 is 0 Å². The molecular formula is C24H28N2O2. The van der Waals surface area contributed by atoms with Gasteiger partial charge in [-0.25, -0.2) is 0 Å². The van der Waals surface area contributed by atoms with Gasteiger partial charge in [0.25, 0.3) is 5.91 Å². The van der Waals surface area contributed by atoms with Gasteiger partial charge in [0.05, 0.1) is 6.61 Å². The van der Waals surface area contributed by atoms with Crippen LogP contribution in [0, 0.1) is 6.92 Å². The van der Waals surface area contributed by atoms with Gasteiger partial charge in [-0.3, -0.25) is 4.79 Å². The summed E-state index contributed by atoms with van der Waals surface area (Å²) in [4.78, 5) is 13.1. The number of aryl methyl sites for hydroxylation is 1. The van der Waals surface area contributed by atoms with Crippen molar-refractivity contribution in [3.05, 3.63) is 71.9 Å². The Morgan fingerprint density at radius 3 is 2.54 bits per heavy atom. The molecule has 4 nitrogen and oxygen atoms in total. The molecule has 3 aromatic rings. The van der Waals surface area contributed by atoms with Crippen LogP contribution in [0.25, 0.3) is 10.9 Å². The van der Waals surface area contributed by atoms with Crippen LogP contribution in [-0.4, -0.2) is 17.1 Å². The predicted molar refractivity (Wildman–Crippen MR) is 117 cm³/mol. The van der Waals surface area contributed by atoms with Gasteiger partial charge in [0.1, 0.15) is 11.4 Å². The summed E-state index contributed by atoms with van der Waals surface area (Å²) in [5.41, 5.74) is 4.72. The second-order valence-electron chi connectivity index (χ2n) is 7.22.